The Balaban J connectivity index is 1.54. The first-order valence-corrected chi connectivity index (χ1v) is 9.35. The normalized spacial score (nSPS) is 38.5. The molecule has 0 radical (unpaired) electrons. The van der Waals surface area contributed by atoms with E-state index in [0.29, 0.717) is 11.6 Å². The minimum Gasteiger partial charge on any atom is -0.359 e. The van der Waals surface area contributed by atoms with Crippen LogP contribution in [0.1, 0.15) is 52.4 Å². The fourth-order valence-electron chi connectivity index (χ4n) is 4.06. The highest BCUT2D eigenvalue weighted by atomic mass is 32.2. The molecule has 1 saturated carbocycles. The van der Waals surface area contributed by atoms with Gasteiger partial charge in [0.15, 0.2) is 5.17 Å². The molecule has 1 spiro atoms. The van der Waals surface area contributed by atoms with Crippen LogP contribution in [-0.4, -0.2) is 47.0 Å². The van der Waals surface area contributed by atoms with Crippen LogP contribution < -0.4 is 5.32 Å². The predicted molar refractivity (Wildman–Crippen MR) is 88.5 cm³/mol. The van der Waals surface area contributed by atoms with E-state index >= 15 is 0 Å². The number of nitrogens with zero attached hydrogens (tertiary/aromatic N) is 2. The summed E-state index contributed by atoms with van der Waals surface area (Å²) in [7, 11) is 0. The van der Waals surface area contributed by atoms with E-state index in [4.69, 9.17) is 4.99 Å². The molecule has 114 valence electrons. The quantitative estimate of drug-likeness (QED) is 0.867. The van der Waals surface area contributed by atoms with Crippen LogP contribution in [0.25, 0.3) is 0 Å². The molecule has 0 bridgehead atoms. The number of hydrogen-bond acceptors (Lipinski definition) is 3. The van der Waals surface area contributed by atoms with Crippen LogP contribution >= 0.6 is 11.8 Å². The number of thioether (sulfide) groups is 1. The van der Waals surface area contributed by atoms with Gasteiger partial charge in [0, 0.05) is 17.8 Å². The van der Waals surface area contributed by atoms with Crippen molar-refractivity contribution in [1.29, 1.82) is 0 Å². The maximum absolute atomic E-state index is 4.94. The van der Waals surface area contributed by atoms with E-state index in [1.807, 2.05) is 11.8 Å². The van der Waals surface area contributed by atoms with Crippen LogP contribution in [0.15, 0.2) is 4.99 Å². The third-order valence-electron chi connectivity index (χ3n) is 5.01. The number of amidine groups is 1. The zero-order valence-electron chi connectivity index (χ0n) is 13.0. The summed E-state index contributed by atoms with van der Waals surface area (Å²) in [4.78, 5) is 7.50. The van der Waals surface area contributed by atoms with Gasteiger partial charge in [-0.05, 0) is 51.6 Å². The van der Waals surface area contributed by atoms with Gasteiger partial charge in [0.05, 0.1) is 6.04 Å². The summed E-state index contributed by atoms with van der Waals surface area (Å²) in [6, 6.07) is 0.430. The Labute approximate surface area is 128 Å². The zero-order valence-corrected chi connectivity index (χ0v) is 13.8. The number of hydrogen-bond donors (Lipinski definition) is 1. The Morgan fingerprint density at radius 1 is 1.40 bits per heavy atom. The molecule has 2 saturated heterocycles. The van der Waals surface area contributed by atoms with Gasteiger partial charge in [-0.1, -0.05) is 31.5 Å². The molecule has 3 aliphatic rings. The minimum atomic E-state index is 0.370. The van der Waals surface area contributed by atoms with Crippen molar-refractivity contribution in [2.45, 2.75) is 64.0 Å². The van der Waals surface area contributed by atoms with E-state index < -0.39 is 0 Å². The lowest BCUT2D eigenvalue weighted by Crippen LogP contribution is -2.47. The molecule has 0 aromatic rings. The van der Waals surface area contributed by atoms with Gasteiger partial charge in [-0.15, -0.1) is 0 Å². The van der Waals surface area contributed by atoms with Gasteiger partial charge in [-0.25, -0.2) is 0 Å². The van der Waals surface area contributed by atoms with Crippen LogP contribution in [0.5, 0.6) is 0 Å². The van der Waals surface area contributed by atoms with Crippen LogP contribution in [-0.2, 0) is 0 Å². The van der Waals surface area contributed by atoms with Gasteiger partial charge in [-0.3, -0.25) is 4.99 Å². The molecule has 2 heterocycles. The Morgan fingerprint density at radius 2 is 2.20 bits per heavy atom. The summed E-state index contributed by atoms with van der Waals surface area (Å²) in [6.07, 6.45) is 8.20. The van der Waals surface area contributed by atoms with Gasteiger partial charge in [0.2, 0.25) is 0 Å². The average Bonchev–Trinajstić information content (AvgIpc) is 3.00. The second-order valence-corrected chi connectivity index (χ2v) is 8.15. The number of aliphatic imine (C=N–C) groups is 1. The molecule has 3 unspecified atom stereocenters. The molecule has 4 heteroatoms. The average molecular weight is 295 g/mol. The molecule has 0 amide bonds. The lowest BCUT2D eigenvalue weighted by Gasteiger charge is -2.36. The van der Waals surface area contributed by atoms with E-state index in [0.717, 1.165) is 12.5 Å². The van der Waals surface area contributed by atoms with Crippen LogP contribution in [0.4, 0.5) is 0 Å². The summed E-state index contributed by atoms with van der Waals surface area (Å²) < 4.78 is 0. The first kappa shape index (κ1) is 14.7. The molecule has 0 aromatic carbocycles. The fourth-order valence-corrected chi connectivity index (χ4v) is 5.35. The first-order valence-electron chi connectivity index (χ1n) is 8.36. The Bertz CT molecular complexity index is 365. The van der Waals surface area contributed by atoms with E-state index in [-0.39, 0.29) is 0 Å². The zero-order chi connectivity index (χ0) is 14.0. The third-order valence-corrected chi connectivity index (χ3v) is 6.19. The maximum atomic E-state index is 4.94. The van der Waals surface area contributed by atoms with Gasteiger partial charge in [-0.2, -0.15) is 0 Å². The summed E-state index contributed by atoms with van der Waals surface area (Å²) in [6.45, 7) is 8.35. The molecule has 3 fully saturated rings. The molecule has 1 aliphatic carbocycles. The van der Waals surface area contributed by atoms with Crippen LogP contribution in [0.2, 0.25) is 0 Å². The van der Waals surface area contributed by atoms with Crippen molar-refractivity contribution in [2.75, 3.05) is 25.4 Å². The highest BCUT2D eigenvalue weighted by molar-refractivity contribution is 8.14. The molecular weight excluding hydrogens is 266 g/mol. The molecule has 20 heavy (non-hydrogen) atoms. The second-order valence-electron chi connectivity index (χ2n) is 7.19. The molecule has 3 atom stereocenters. The van der Waals surface area contributed by atoms with Crippen molar-refractivity contribution in [2.24, 2.45) is 10.9 Å². The number of nitrogens with one attached hydrogen (secondary N) is 1. The summed E-state index contributed by atoms with van der Waals surface area (Å²) >= 11 is 1.96. The summed E-state index contributed by atoms with van der Waals surface area (Å²) in [5.74, 6) is 2.10. The third kappa shape index (κ3) is 3.51. The smallest absolute Gasteiger partial charge is 0.157 e. The van der Waals surface area contributed by atoms with Gasteiger partial charge < -0.3 is 10.2 Å². The Kier molecular flexibility index (Phi) is 4.61. The molecular formula is C16H29N3S. The number of rotatable bonds is 3. The largest absolute Gasteiger partial charge is 0.359 e. The monoisotopic (exact) mass is 295 g/mol. The molecule has 3 rings (SSSR count). The first-order chi connectivity index (χ1) is 9.65. The van der Waals surface area contributed by atoms with E-state index in [2.05, 4.69) is 24.1 Å². The lowest BCUT2D eigenvalue weighted by molar-refractivity contribution is 0.242. The molecule has 3 nitrogen and oxygen atoms in total. The van der Waals surface area contributed by atoms with Crippen molar-refractivity contribution in [3.63, 3.8) is 0 Å². The minimum absolute atomic E-state index is 0.370. The van der Waals surface area contributed by atoms with Crippen molar-refractivity contribution >= 4 is 16.9 Å². The summed E-state index contributed by atoms with van der Waals surface area (Å²) in [5.41, 5.74) is 0.370. The highest BCUT2D eigenvalue weighted by Crippen LogP contribution is 2.38. The van der Waals surface area contributed by atoms with E-state index in [1.54, 1.807) is 0 Å². The van der Waals surface area contributed by atoms with Crippen LogP contribution in [0.3, 0.4) is 0 Å². The van der Waals surface area contributed by atoms with Gasteiger partial charge in [0.1, 0.15) is 0 Å². The molecule has 1 N–H and O–H groups in total. The molecule has 2 aliphatic heterocycles. The van der Waals surface area contributed by atoms with Crippen molar-refractivity contribution in [1.82, 2.24) is 10.2 Å². The Hall–Kier alpha value is -0.220. The SMILES string of the molecule is CC1CCCC2(CSC(=NC(C)CN3CCCC3)N2)C1. The lowest BCUT2D eigenvalue weighted by atomic mass is 9.78. The second kappa shape index (κ2) is 6.27. The predicted octanol–water partition coefficient (Wildman–Crippen LogP) is 3.11. The highest BCUT2D eigenvalue weighted by Gasteiger charge is 2.40. The standard InChI is InChI=1S/C16H29N3S/c1-13-6-5-7-16(10-13)12-20-15(18-16)17-14(2)11-19-8-3-4-9-19/h13-14H,3-12H2,1-2H3,(H,17,18). The van der Waals surface area contributed by atoms with Gasteiger partial charge >= 0.3 is 0 Å². The Morgan fingerprint density at radius 3 is 2.95 bits per heavy atom. The van der Waals surface area contributed by atoms with Crippen molar-refractivity contribution < 1.29 is 0 Å². The topological polar surface area (TPSA) is 27.6 Å². The molecule has 0 aromatic heterocycles. The maximum Gasteiger partial charge on any atom is 0.157 e. The van der Waals surface area contributed by atoms with Crippen molar-refractivity contribution in [3.8, 4) is 0 Å². The summed E-state index contributed by atoms with van der Waals surface area (Å²) in [5, 5.41) is 5.00. The van der Waals surface area contributed by atoms with Gasteiger partial charge in [0.25, 0.3) is 0 Å². The van der Waals surface area contributed by atoms with Crippen LogP contribution in [0, 0.1) is 5.92 Å². The fraction of sp³-hybridized carbons (Fsp3) is 0.938. The number of likely N-dealkylation sites (tertiary alicyclic amines) is 1. The van der Waals surface area contributed by atoms with E-state index in [1.165, 1.54) is 62.5 Å². The van der Waals surface area contributed by atoms with Crippen molar-refractivity contribution in [3.05, 3.63) is 0 Å². The van der Waals surface area contributed by atoms with E-state index in [9.17, 15) is 0 Å².